The van der Waals surface area contributed by atoms with Crippen molar-refractivity contribution in [3.8, 4) is 0 Å². The Balaban J connectivity index is 2.64. The van der Waals surface area contributed by atoms with E-state index in [2.05, 4.69) is 26.5 Å². The van der Waals surface area contributed by atoms with Gasteiger partial charge < -0.3 is 4.74 Å². The van der Waals surface area contributed by atoms with E-state index in [1.54, 1.807) is 7.11 Å². The van der Waals surface area contributed by atoms with Crippen molar-refractivity contribution in [2.75, 3.05) is 7.11 Å². The van der Waals surface area contributed by atoms with Gasteiger partial charge in [0.05, 0.1) is 6.10 Å². The standard InChI is InChI=1S/C11H18O/c1-8(2)10-6-5-9(3)11(7-10)12-4/h5,10-11H,1,6-7H2,2-4H3/t10-,11+/m1/s1. The first-order valence-electron chi connectivity index (χ1n) is 4.50. The molecular formula is C11H18O. The molecule has 1 aliphatic carbocycles. The maximum absolute atomic E-state index is 5.37. The first-order chi connectivity index (χ1) is 5.65. The van der Waals surface area contributed by atoms with E-state index in [1.165, 1.54) is 11.1 Å². The van der Waals surface area contributed by atoms with Crippen molar-refractivity contribution in [2.45, 2.75) is 32.8 Å². The molecule has 0 aliphatic heterocycles. The quantitative estimate of drug-likeness (QED) is 0.573. The normalized spacial score (nSPS) is 29.8. The summed E-state index contributed by atoms with van der Waals surface area (Å²) in [6.07, 6.45) is 4.84. The van der Waals surface area contributed by atoms with Gasteiger partial charge in [-0.3, -0.25) is 0 Å². The Bertz CT molecular complexity index is 203. The van der Waals surface area contributed by atoms with Gasteiger partial charge in [-0.1, -0.05) is 18.2 Å². The van der Waals surface area contributed by atoms with Gasteiger partial charge >= 0.3 is 0 Å². The van der Waals surface area contributed by atoms with Crippen LogP contribution in [0.3, 0.4) is 0 Å². The molecule has 0 unspecified atom stereocenters. The molecule has 12 heavy (non-hydrogen) atoms. The molecule has 0 fully saturated rings. The van der Waals surface area contributed by atoms with E-state index in [0.29, 0.717) is 12.0 Å². The molecule has 0 radical (unpaired) electrons. The third-order valence-electron chi connectivity index (χ3n) is 2.71. The highest BCUT2D eigenvalue weighted by Crippen LogP contribution is 2.29. The molecule has 0 saturated carbocycles. The van der Waals surface area contributed by atoms with Crippen LogP contribution in [0.2, 0.25) is 0 Å². The van der Waals surface area contributed by atoms with Crippen LogP contribution in [0.15, 0.2) is 23.8 Å². The molecule has 68 valence electrons. The summed E-state index contributed by atoms with van der Waals surface area (Å²) in [5.74, 6) is 0.624. The molecule has 0 saturated heterocycles. The second-order valence-electron chi connectivity index (χ2n) is 3.69. The van der Waals surface area contributed by atoms with E-state index < -0.39 is 0 Å². The van der Waals surface area contributed by atoms with Crippen LogP contribution in [0.5, 0.6) is 0 Å². The highest BCUT2D eigenvalue weighted by atomic mass is 16.5. The van der Waals surface area contributed by atoms with Crippen LogP contribution in [0.4, 0.5) is 0 Å². The predicted octanol–water partition coefficient (Wildman–Crippen LogP) is 2.93. The van der Waals surface area contributed by atoms with Crippen molar-refractivity contribution in [3.63, 3.8) is 0 Å². The summed E-state index contributed by atoms with van der Waals surface area (Å²) in [6, 6.07) is 0. The molecule has 1 nitrogen and oxygen atoms in total. The average molecular weight is 166 g/mol. The van der Waals surface area contributed by atoms with Gasteiger partial charge in [0.1, 0.15) is 0 Å². The lowest BCUT2D eigenvalue weighted by molar-refractivity contribution is 0.107. The average Bonchev–Trinajstić information content (AvgIpc) is 2.05. The fraction of sp³-hybridized carbons (Fsp3) is 0.636. The molecule has 0 aromatic heterocycles. The monoisotopic (exact) mass is 166 g/mol. The van der Waals surface area contributed by atoms with Crippen molar-refractivity contribution >= 4 is 0 Å². The summed E-state index contributed by atoms with van der Waals surface area (Å²) in [6.45, 7) is 8.23. The zero-order valence-electron chi connectivity index (χ0n) is 8.26. The van der Waals surface area contributed by atoms with E-state index >= 15 is 0 Å². The topological polar surface area (TPSA) is 9.23 Å². The molecule has 1 rings (SSSR count). The summed E-state index contributed by atoms with van der Waals surface area (Å²) >= 11 is 0. The SMILES string of the molecule is C=C(C)[C@@H]1CC=C(C)[C@@H](OC)C1. The van der Waals surface area contributed by atoms with E-state index in [1.807, 2.05) is 0 Å². The summed E-state index contributed by atoms with van der Waals surface area (Å²) < 4.78 is 5.37. The van der Waals surface area contributed by atoms with Gasteiger partial charge in [0, 0.05) is 7.11 Å². The zero-order valence-corrected chi connectivity index (χ0v) is 8.26. The van der Waals surface area contributed by atoms with Gasteiger partial charge in [-0.05, 0) is 38.2 Å². The molecule has 1 heteroatoms. The second-order valence-corrected chi connectivity index (χ2v) is 3.69. The number of methoxy groups -OCH3 is 1. The largest absolute Gasteiger partial charge is 0.377 e. The molecule has 1 aliphatic rings. The van der Waals surface area contributed by atoms with Crippen molar-refractivity contribution in [1.82, 2.24) is 0 Å². The van der Waals surface area contributed by atoms with Crippen LogP contribution in [0.25, 0.3) is 0 Å². The predicted molar refractivity (Wildman–Crippen MR) is 52.1 cm³/mol. The summed E-state index contributed by atoms with van der Waals surface area (Å²) in [7, 11) is 1.78. The van der Waals surface area contributed by atoms with Gasteiger partial charge in [0.25, 0.3) is 0 Å². The highest BCUT2D eigenvalue weighted by molar-refractivity contribution is 5.14. The van der Waals surface area contributed by atoms with Gasteiger partial charge in [0.15, 0.2) is 0 Å². The van der Waals surface area contributed by atoms with Gasteiger partial charge in [-0.15, -0.1) is 0 Å². The number of allylic oxidation sites excluding steroid dienone is 2. The van der Waals surface area contributed by atoms with Crippen LogP contribution < -0.4 is 0 Å². The van der Waals surface area contributed by atoms with Gasteiger partial charge in [-0.2, -0.15) is 0 Å². The maximum atomic E-state index is 5.37. The lowest BCUT2D eigenvalue weighted by atomic mass is 9.84. The zero-order chi connectivity index (χ0) is 9.14. The molecular weight excluding hydrogens is 148 g/mol. The third-order valence-corrected chi connectivity index (χ3v) is 2.71. The first-order valence-corrected chi connectivity index (χ1v) is 4.50. The first kappa shape index (κ1) is 9.53. The molecule has 0 aromatic rings. The minimum Gasteiger partial charge on any atom is -0.377 e. The number of rotatable bonds is 2. The van der Waals surface area contributed by atoms with Crippen LogP contribution in [-0.2, 0) is 4.74 Å². The molecule has 0 spiro atoms. The molecule has 0 bridgehead atoms. The van der Waals surface area contributed by atoms with E-state index in [9.17, 15) is 0 Å². The van der Waals surface area contributed by atoms with E-state index in [4.69, 9.17) is 4.74 Å². The summed E-state index contributed by atoms with van der Waals surface area (Å²) in [5, 5.41) is 0. The van der Waals surface area contributed by atoms with Crippen LogP contribution >= 0.6 is 0 Å². The summed E-state index contributed by atoms with van der Waals surface area (Å²) in [4.78, 5) is 0. The minimum absolute atomic E-state index is 0.320. The Labute approximate surface area is 75.1 Å². The van der Waals surface area contributed by atoms with E-state index in [-0.39, 0.29) is 0 Å². The van der Waals surface area contributed by atoms with E-state index in [0.717, 1.165) is 12.8 Å². The van der Waals surface area contributed by atoms with Crippen molar-refractivity contribution < 1.29 is 4.74 Å². The Kier molecular flexibility index (Phi) is 3.10. The van der Waals surface area contributed by atoms with Crippen molar-refractivity contribution in [1.29, 1.82) is 0 Å². The number of hydrogen-bond donors (Lipinski definition) is 0. The fourth-order valence-electron chi connectivity index (χ4n) is 1.68. The Morgan fingerprint density at radius 2 is 2.33 bits per heavy atom. The second kappa shape index (κ2) is 3.90. The number of hydrogen-bond acceptors (Lipinski definition) is 1. The highest BCUT2D eigenvalue weighted by Gasteiger charge is 2.21. The lowest BCUT2D eigenvalue weighted by Gasteiger charge is -2.27. The Morgan fingerprint density at radius 1 is 1.67 bits per heavy atom. The van der Waals surface area contributed by atoms with Gasteiger partial charge in [-0.25, -0.2) is 0 Å². The minimum atomic E-state index is 0.320. The van der Waals surface area contributed by atoms with Crippen LogP contribution in [0, 0.1) is 5.92 Å². The number of ether oxygens (including phenoxy) is 1. The van der Waals surface area contributed by atoms with Gasteiger partial charge in [0.2, 0.25) is 0 Å². The molecule has 0 amide bonds. The maximum Gasteiger partial charge on any atom is 0.0784 e. The van der Waals surface area contributed by atoms with Crippen LogP contribution in [-0.4, -0.2) is 13.2 Å². The van der Waals surface area contributed by atoms with Crippen LogP contribution in [0.1, 0.15) is 26.7 Å². The summed E-state index contributed by atoms with van der Waals surface area (Å²) in [5.41, 5.74) is 2.65. The Morgan fingerprint density at radius 3 is 2.83 bits per heavy atom. The Hall–Kier alpha value is -0.560. The molecule has 0 aromatic carbocycles. The van der Waals surface area contributed by atoms with Crippen molar-refractivity contribution in [3.05, 3.63) is 23.8 Å². The molecule has 0 N–H and O–H groups in total. The smallest absolute Gasteiger partial charge is 0.0784 e. The fourth-order valence-corrected chi connectivity index (χ4v) is 1.68. The lowest BCUT2D eigenvalue weighted by Crippen LogP contribution is -2.21. The molecule has 2 atom stereocenters. The van der Waals surface area contributed by atoms with Crippen molar-refractivity contribution in [2.24, 2.45) is 5.92 Å². The third kappa shape index (κ3) is 1.98. The molecule has 0 heterocycles.